The van der Waals surface area contributed by atoms with Crippen molar-refractivity contribution in [3.05, 3.63) is 57.1 Å². The SMILES string of the molecule is Cc1cc(C)c(S(=O)(=O)NC(CN2CCc3cc(Br)ccc32)C(F)(F)F)c(C)c1. The molecule has 4 nitrogen and oxygen atoms in total. The van der Waals surface area contributed by atoms with E-state index in [9.17, 15) is 21.6 Å². The summed E-state index contributed by atoms with van der Waals surface area (Å²) in [4.78, 5) is 1.49. The highest BCUT2D eigenvalue weighted by Crippen LogP contribution is 2.33. The second-order valence-electron chi connectivity index (χ2n) is 7.41. The van der Waals surface area contributed by atoms with Crippen LogP contribution in [-0.2, 0) is 16.4 Å². The molecule has 0 aliphatic carbocycles. The van der Waals surface area contributed by atoms with Gasteiger partial charge < -0.3 is 4.90 Å². The number of nitrogens with zero attached hydrogens (tertiary/aromatic N) is 1. The average molecular weight is 491 g/mol. The maximum atomic E-state index is 13.8. The number of hydrogen-bond donors (Lipinski definition) is 1. The Morgan fingerprint density at radius 2 is 1.76 bits per heavy atom. The Morgan fingerprint density at radius 3 is 2.34 bits per heavy atom. The molecule has 3 rings (SSSR count). The molecule has 0 saturated carbocycles. The third-order valence-electron chi connectivity index (χ3n) is 5.00. The van der Waals surface area contributed by atoms with Crippen molar-refractivity contribution in [3.8, 4) is 0 Å². The van der Waals surface area contributed by atoms with E-state index in [0.717, 1.165) is 15.6 Å². The van der Waals surface area contributed by atoms with Crippen LogP contribution in [0.5, 0.6) is 0 Å². The Balaban J connectivity index is 1.90. The smallest absolute Gasteiger partial charge is 0.369 e. The summed E-state index contributed by atoms with van der Waals surface area (Å²) in [6, 6.07) is 6.48. The number of aryl methyl sites for hydroxylation is 3. The number of fused-ring (bicyclic) bond motifs is 1. The summed E-state index contributed by atoms with van der Waals surface area (Å²) in [5.41, 5.74) is 3.34. The van der Waals surface area contributed by atoms with Gasteiger partial charge in [0, 0.05) is 23.2 Å². The van der Waals surface area contributed by atoms with Crippen LogP contribution in [0.3, 0.4) is 0 Å². The lowest BCUT2D eigenvalue weighted by atomic mass is 10.1. The fraction of sp³-hybridized carbons (Fsp3) is 0.400. The van der Waals surface area contributed by atoms with Crippen LogP contribution in [0.25, 0.3) is 0 Å². The van der Waals surface area contributed by atoms with Crippen molar-refractivity contribution in [2.75, 3.05) is 18.0 Å². The Labute approximate surface area is 177 Å². The molecule has 1 atom stereocenters. The van der Waals surface area contributed by atoms with Gasteiger partial charge in [-0.05, 0) is 62.1 Å². The number of benzene rings is 2. The monoisotopic (exact) mass is 490 g/mol. The minimum absolute atomic E-state index is 0.0943. The highest BCUT2D eigenvalue weighted by Gasteiger charge is 2.44. The minimum atomic E-state index is -4.72. The maximum Gasteiger partial charge on any atom is 0.406 e. The quantitative estimate of drug-likeness (QED) is 0.663. The van der Waals surface area contributed by atoms with Gasteiger partial charge in [-0.1, -0.05) is 33.6 Å². The molecule has 0 bridgehead atoms. The molecule has 1 N–H and O–H groups in total. The van der Waals surface area contributed by atoms with Crippen LogP contribution in [0.15, 0.2) is 39.7 Å². The number of anilines is 1. The second kappa shape index (κ2) is 7.92. The maximum absolute atomic E-state index is 13.8. The number of alkyl halides is 3. The van der Waals surface area contributed by atoms with Gasteiger partial charge in [0.1, 0.15) is 6.04 Å². The molecule has 0 aromatic heterocycles. The molecule has 2 aromatic carbocycles. The molecule has 0 radical (unpaired) electrons. The van der Waals surface area contributed by atoms with E-state index in [1.165, 1.54) is 0 Å². The zero-order valence-corrected chi connectivity index (χ0v) is 18.7. The summed E-state index contributed by atoms with van der Waals surface area (Å²) in [6.07, 6.45) is -4.11. The number of rotatable bonds is 5. The summed E-state index contributed by atoms with van der Waals surface area (Å²) >= 11 is 3.36. The molecule has 9 heteroatoms. The molecule has 0 amide bonds. The Kier molecular flexibility index (Phi) is 6.04. The van der Waals surface area contributed by atoms with Crippen molar-refractivity contribution in [2.45, 2.75) is 44.3 Å². The Morgan fingerprint density at radius 1 is 1.14 bits per heavy atom. The summed E-state index contributed by atoms with van der Waals surface area (Å²) in [5, 5.41) is 0. The van der Waals surface area contributed by atoms with E-state index in [1.807, 2.05) is 17.7 Å². The summed E-state index contributed by atoms with van der Waals surface area (Å²) in [5.74, 6) is 0. The molecule has 1 heterocycles. The standard InChI is InChI=1S/C20H22BrF3N2O2S/c1-12-8-13(2)19(14(3)9-12)29(27,28)25-18(20(22,23)24)11-26-7-6-15-10-16(21)4-5-17(15)26/h4-5,8-10,18,25H,6-7,11H2,1-3H3. The van der Waals surface area contributed by atoms with Gasteiger partial charge in [-0.3, -0.25) is 0 Å². The predicted octanol–water partition coefficient (Wildman–Crippen LogP) is 4.65. The van der Waals surface area contributed by atoms with Crippen LogP contribution in [0.1, 0.15) is 22.3 Å². The van der Waals surface area contributed by atoms with Gasteiger partial charge in [-0.25, -0.2) is 8.42 Å². The van der Waals surface area contributed by atoms with Crippen molar-refractivity contribution >= 4 is 31.6 Å². The van der Waals surface area contributed by atoms with Crippen LogP contribution >= 0.6 is 15.9 Å². The first-order chi connectivity index (χ1) is 13.4. The molecule has 0 saturated heterocycles. The van der Waals surface area contributed by atoms with Crippen molar-refractivity contribution in [1.29, 1.82) is 0 Å². The molecule has 29 heavy (non-hydrogen) atoms. The lowest BCUT2D eigenvalue weighted by molar-refractivity contribution is -0.149. The van der Waals surface area contributed by atoms with Crippen LogP contribution in [0, 0.1) is 20.8 Å². The van der Waals surface area contributed by atoms with E-state index >= 15 is 0 Å². The van der Waals surface area contributed by atoms with Crippen LogP contribution in [0.2, 0.25) is 0 Å². The molecule has 2 aromatic rings. The molecule has 1 aliphatic heterocycles. The zero-order valence-electron chi connectivity index (χ0n) is 16.3. The second-order valence-corrected chi connectivity index (χ2v) is 9.98. The van der Waals surface area contributed by atoms with Gasteiger partial charge in [0.05, 0.1) is 4.90 Å². The van der Waals surface area contributed by atoms with Crippen LogP contribution < -0.4 is 9.62 Å². The number of nitrogens with one attached hydrogen (secondary N) is 1. The summed E-state index contributed by atoms with van der Waals surface area (Å²) < 4.78 is 69.8. The molecular formula is C20H22BrF3N2O2S. The minimum Gasteiger partial charge on any atom is -0.369 e. The Hall–Kier alpha value is -1.58. The molecule has 1 unspecified atom stereocenters. The van der Waals surface area contributed by atoms with E-state index in [-0.39, 0.29) is 4.90 Å². The van der Waals surface area contributed by atoms with Crippen LogP contribution in [-0.4, -0.2) is 33.7 Å². The van der Waals surface area contributed by atoms with E-state index in [2.05, 4.69) is 15.9 Å². The van der Waals surface area contributed by atoms with Gasteiger partial charge in [0.2, 0.25) is 10.0 Å². The number of sulfonamides is 1. The van der Waals surface area contributed by atoms with E-state index in [0.29, 0.717) is 29.8 Å². The zero-order chi connectivity index (χ0) is 21.6. The highest BCUT2D eigenvalue weighted by atomic mass is 79.9. The Bertz CT molecular complexity index is 1020. The van der Waals surface area contributed by atoms with Crippen LogP contribution in [0.4, 0.5) is 18.9 Å². The summed E-state index contributed by atoms with van der Waals surface area (Å²) in [7, 11) is -4.35. The molecule has 158 valence electrons. The van der Waals surface area contributed by atoms with Gasteiger partial charge in [-0.2, -0.15) is 17.9 Å². The topological polar surface area (TPSA) is 49.4 Å². The van der Waals surface area contributed by atoms with Gasteiger partial charge in [-0.15, -0.1) is 0 Å². The predicted molar refractivity (Wildman–Crippen MR) is 111 cm³/mol. The molecule has 0 spiro atoms. The number of halogens is 4. The van der Waals surface area contributed by atoms with Crippen molar-refractivity contribution in [2.24, 2.45) is 0 Å². The van der Waals surface area contributed by atoms with Crippen molar-refractivity contribution in [3.63, 3.8) is 0 Å². The van der Waals surface area contributed by atoms with E-state index in [4.69, 9.17) is 0 Å². The lowest BCUT2D eigenvalue weighted by Gasteiger charge is -2.28. The largest absolute Gasteiger partial charge is 0.406 e. The fourth-order valence-electron chi connectivity index (χ4n) is 3.89. The fourth-order valence-corrected chi connectivity index (χ4v) is 5.97. The third kappa shape index (κ3) is 4.78. The molecule has 0 fully saturated rings. The first-order valence-corrected chi connectivity index (χ1v) is 11.4. The van der Waals surface area contributed by atoms with Crippen molar-refractivity contribution < 1.29 is 21.6 Å². The number of hydrogen-bond acceptors (Lipinski definition) is 3. The highest BCUT2D eigenvalue weighted by molar-refractivity contribution is 9.10. The first-order valence-electron chi connectivity index (χ1n) is 9.09. The summed E-state index contributed by atoms with van der Waals surface area (Å²) in [6.45, 7) is 4.91. The first kappa shape index (κ1) is 22.1. The molecular weight excluding hydrogens is 469 g/mol. The van der Waals surface area contributed by atoms with Crippen molar-refractivity contribution in [1.82, 2.24) is 4.72 Å². The van der Waals surface area contributed by atoms with E-state index in [1.54, 1.807) is 43.0 Å². The van der Waals surface area contributed by atoms with Gasteiger partial charge >= 0.3 is 6.18 Å². The third-order valence-corrected chi connectivity index (χ3v) is 7.27. The average Bonchev–Trinajstić information content (AvgIpc) is 2.93. The van der Waals surface area contributed by atoms with Gasteiger partial charge in [0.15, 0.2) is 0 Å². The lowest BCUT2D eigenvalue weighted by Crippen LogP contribution is -2.52. The van der Waals surface area contributed by atoms with E-state index < -0.39 is 28.8 Å². The normalized spacial score (nSPS) is 15.5. The molecule has 1 aliphatic rings. The van der Waals surface area contributed by atoms with Gasteiger partial charge in [0.25, 0.3) is 0 Å².